The summed E-state index contributed by atoms with van der Waals surface area (Å²) in [5.41, 5.74) is 1.71. The summed E-state index contributed by atoms with van der Waals surface area (Å²) in [5.74, 6) is -0.544. The predicted molar refractivity (Wildman–Crippen MR) is 90.7 cm³/mol. The Labute approximate surface area is 142 Å². The minimum atomic E-state index is -0.395. The van der Waals surface area contributed by atoms with Crippen LogP contribution in [0.15, 0.2) is 54.9 Å². The van der Waals surface area contributed by atoms with E-state index in [9.17, 15) is 9.18 Å². The Morgan fingerprint density at radius 2 is 1.83 bits per heavy atom. The van der Waals surface area contributed by atoms with Gasteiger partial charge >= 0.3 is 0 Å². The number of anilines is 1. The van der Waals surface area contributed by atoms with Gasteiger partial charge in [-0.15, -0.1) is 0 Å². The summed E-state index contributed by atoms with van der Waals surface area (Å²) in [6.45, 7) is 0. The van der Waals surface area contributed by atoms with Gasteiger partial charge in [-0.25, -0.2) is 9.49 Å². The van der Waals surface area contributed by atoms with Crippen molar-refractivity contribution >= 4 is 35.1 Å². The van der Waals surface area contributed by atoms with Crippen LogP contribution in [-0.2, 0) is 4.79 Å². The zero-order valence-corrected chi connectivity index (χ0v) is 13.1. The number of carbonyl (C=O) groups is 1. The molecule has 0 aliphatic carbocycles. The van der Waals surface area contributed by atoms with Crippen LogP contribution in [0.25, 0.3) is 11.6 Å². The van der Waals surface area contributed by atoms with Crippen LogP contribution in [0.3, 0.4) is 0 Å². The Balaban J connectivity index is 1.98. The number of nitrogens with one attached hydrogen (secondary N) is 2. The summed E-state index contributed by atoms with van der Waals surface area (Å²) in [5, 5.41) is 9.44. The van der Waals surface area contributed by atoms with E-state index in [4.69, 9.17) is 11.6 Å². The maximum Gasteiger partial charge on any atom is 0.258 e. The van der Waals surface area contributed by atoms with Gasteiger partial charge in [0.2, 0.25) is 5.95 Å². The predicted octanol–water partition coefficient (Wildman–Crippen LogP) is 3.78. The van der Waals surface area contributed by atoms with E-state index in [1.54, 1.807) is 30.3 Å². The Kier molecular flexibility index (Phi) is 4.67. The number of hydrogen-bond acceptors (Lipinski definition) is 3. The van der Waals surface area contributed by atoms with Crippen molar-refractivity contribution < 1.29 is 9.18 Å². The fourth-order valence-corrected chi connectivity index (χ4v) is 2.20. The summed E-state index contributed by atoms with van der Waals surface area (Å²) in [4.78, 5) is 16.4. The van der Waals surface area contributed by atoms with Crippen LogP contribution < -0.4 is 5.32 Å². The Bertz CT molecular complexity index is 859. The topological polar surface area (TPSA) is 70.7 Å². The number of aromatic nitrogens is 3. The summed E-state index contributed by atoms with van der Waals surface area (Å²) in [6, 6.07) is 12.7. The quantitative estimate of drug-likeness (QED) is 0.560. The highest BCUT2D eigenvalue weighted by Gasteiger charge is 2.14. The molecule has 0 unspecified atom stereocenters. The number of H-pyrrole nitrogens is 1. The maximum atomic E-state index is 13.2. The molecule has 24 heavy (non-hydrogen) atoms. The highest BCUT2D eigenvalue weighted by Crippen LogP contribution is 2.21. The normalized spacial score (nSPS) is 11.3. The lowest BCUT2D eigenvalue weighted by Crippen LogP contribution is -2.14. The van der Waals surface area contributed by atoms with Crippen LogP contribution >= 0.6 is 11.6 Å². The summed E-state index contributed by atoms with van der Waals surface area (Å²) in [7, 11) is 0. The molecule has 0 aliphatic heterocycles. The maximum absolute atomic E-state index is 13.2. The van der Waals surface area contributed by atoms with Crippen molar-refractivity contribution in [2.75, 3.05) is 5.32 Å². The number of halogens is 2. The number of amides is 1. The number of aromatic amines is 1. The van der Waals surface area contributed by atoms with Crippen LogP contribution in [0.4, 0.5) is 10.3 Å². The molecule has 3 rings (SSSR count). The summed E-state index contributed by atoms with van der Waals surface area (Å²) < 4.78 is 13.2. The molecule has 7 heteroatoms. The number of nitrogens with zero attached hydrogens (tertiary/aromatic N) is 2. The standard InChI is InChI=1S/C17H12ClFN4O/c18-13-5-1-11(2-6-13)9-15(12-3-7-14(19)8-4-12)16(24)22-17-20-10-21-23-17/h1-10H,(H2,20,21,22,23,24)/b15-9-. The summed E-state index contributed by atoms with van der Waals surface area (Å²) in [6.07, 6.45) is 2.98. The second-order valence-electron chi connectivity index (χ2n) is 4.90. The van der Waals surface area contributed by atoms with Gasteiger partial charge in [-0.1, -0.05) is 35.9 Å². The lowest BCUT2D eigenvalue weighted by Gasteiger charge is -2.08. The van der Waals surface area contributed by atoms with Gasteiger partial charge in [0.05, 0.1) is 0 Å². The van der Waals surface area contributed by atoms with E-state index in [1.165, 1.54) is 30.6 Å². The minimum Gasteiger partial charge on any atom is -0.291 e. The zero-order valence-electron chi connectivity index (χ0n) is 12.3. The number of hydrogen-bond donors (Lipinski definition) is 2. The number of benzene rings is 2. The highest BCUT2D eigenvalue weighted by atomic mass is 35.5. The SMILES string of the molecule is O=C(Nc1ncn[nH]1)/C(=C\c1ccc(Cl)cc1)c1ccc(F)cc1. The first kappa shape index (κ1) is 15.9. The van der Waals surface area contributed by atoms with E-state index in [-0.39, 0.29) is 11.8 Å². The number of carbonyl (C=O) groups excluding carboxylic acids is 1. The van der Waals surface area contributed by atoms with E-state index in [2.05, 4.69) is 20.5 Å². The monoisotopic (exact) mass is 342 g/mol. The van der Waals surface area contributed by atoms with Crippen molar-refractivity contribution in [1.29, 1.82) is 0 Å². The van der Waals surface area contributed by atoms with Crippen LogP contribution in [0.2, 0.25) is 5.02 Å². The van der Waals surface area contributed by atoms with E-state index < -0.39 is 5.91 Å². The Morgan fingerprint density at radius 1 is 1.12 bits per heavy atom. The molecule has 5 nitrogen and oxygen atoms in total. The smallest absolute Gasteiger partial charge is 0.258 e. The lowest BCUT2D eigenvalue weighted by atomic mass is 10.0. The molecular weight excluding hydrogens is 331 g/mol. The van der Waals surface area contributed by atoms with Crippen molar-refractivity contribution in [3.8, 4) is 0 Å². The number of rotatable bonds is 4. The van der Waals surface area contributed by atoms with Crippen LogP contribution in [0.1, 0.15) is 11.1 Å². The van der Waals surface area contributed by atoms with Crippen LogP contribution in [0.5, 0.6) is 0 Å². The molecule has 3 aromatic rings. The summed E-state index contributed by atoms with van der Waals surface area (Å²) >= 11 is 5.88. The molecule has 0 aliphatic rings. The molecule has 0 spiro atoms. The molecule has 2 aromatic carbocycles. The molecule has 0 radical (unpaired) electrons. The van der Waals surface area contributed by atoms with Gasteiger partial charge in [0.15, 0.2) is 0 Å². The first-order chi connectivity index (χ1) is 11.6. The molecule has 1 amide bonds. The van der Waals surface area contributed by atoms with Crippen molar-refractivity contribution in [3.05, 3.63) is 76.8 Å². The van der Waals surface area contributed by atoms with Gasteiger partial charge in [-0.3, -0.25) is 10.1 Å². The minimum absolute atomic E-state index is 0.226. The molecule has 1 heterocycles. The first-order valence-corrected chi connectivity index (χ1v) is 7.39. The van der Waals surface area contributed by atoms with Crippen molar-refractivity contribution in [1.82, 2.24) is 15.2 Å². The van der Waals surface area contributed by atoms with E-state index in [0.29, 0.717) is 16.2 Å². The zero-order chi connectivity index (χ0) is 16.9. The third-order valence-electron chi connectivity index (χ3n) is 3.23. The van der Waals surface area contributed by atoms with E-state index in [0.717, 1.165) is 5.56 Å². The van der Waals surface area contributed by atoms with Gasteiger partial charge in [0.1, 0.15) is 12.1 Å². The van der Waals surface area contributed by atoms with Gasteiger partial charge in [-0.05, 0) is 41.5 Å². The average Bonchev–Trinajstić information content (AvgIpc) is 3.08. The van der Waals surface area contributed by atoms with Gasteiger partial charge in [-0.2, -0.15) is 10.1 Å². The molecule has 0 saturated carbocycles. The van der Waals surface area contributed by atoms with Gasteiger partial charge in [0, 0.05) is 10.6 Å². The first-order valence-electron chi connectivity index (χ1n) is 7.02. The van der Waals surface area contributed by atoms with Crippen molar-refractivity contribution in [2.24, 2.45) is 0 Å². The van der Waals surface area contributed by atoms with Gasteiger partial charge in [0.25, 0.3) is 5.91 Å². The third kappa shape index (κ3) is 3.85. The average molecular weight is 343 g/mol. The molecule has 120 valence electrons. The van der Waals surface area contributed by atoms with Crippen molar-refractivity contribution in [3.63, 3.8) is 0 Å². The fourth-order valence-electron chi connectivity index (χ4n) is 2.08. The molecule has 1 aromatic heterocycles. The molecule has 0 saturated heterocycles. The Morgan fingerprint density at radius 3 is 2.46 bits per heavy atom. The fraction of sp³-hybridized carbons (Fsp3) is 0. The molecule has 0 fully saturated rings. The second-order valence-corrected chi connectivity index (χ2v) is 5.34. The second kappa shape index (κ2) is 7.06. The van der Waals surface area contributed by atoms with Crippen LogP contribution in [0, 0.1) is 5.82 Å². The van der Waals surface area contributed by atoms with Gasteiger partial charge < -0.3 is 0 Å². The lowest BCUT2D eigenvalue weighted by molar-refractivity contribution is -0.111. The Hall–Kier alpha value is -2.99. The third-order valence-corrected chi connectivity index (χ3v) is 3.48. The molecule has 2 N–H and O–H groups in total. The van der Waals surface area contributed by atoms with Crippen molar-refractivity contribution in [2.45, 2.75) is 0 Å². The molecule has 0 atom stereocenters. The molecular formula is C17H12ClFN4O. The highest BCUT2D eigenvalue weighted by molar-refractivity contribution is 6.31. The molecule has 0 bridgehead atoms. The van der Waals surface area contributed by atoms with E-state index >= 15 is 0 Å². The van der Waals surface area contributed by atoms with Crippen LogP contribution in [-0.4, -0.2) is 21.1 Å². The van der Waals surface area contributed by atoms with E-state index in [1.807, 2.05) is 0 Å². The largest absolute Gasteiger partial charge is 0.291 e.